The Balaban J connectivity index is 1.48. The number of amides is 1. The Morgan fingerprint density at radius 1 is 1.29 bits per heavy atom. The van der Waals surface area contributed by atoms with Gasteiger partial charge in [-0.15, -0.1) is 0 Å². The van der Waals surface area contributed by atoms with Gasteiger partial charge in [0.05, 0.1) is 5.41 Å². The molecule has 132 valence electrons. The van der Waals surface area contributed by atoms with Crippen LogP contribution in [0.5, 0.6) is 0 Å². The Labute approximate surface area is 150 Å². The number of piperazine rings is 1. The van der Waals surface area contributed by atoms with Crippen LogP contribution in [0, 0.1) is 5.92 Å². The summed E-state index contributed by atoms with van der Waals surface area (Å²) in [5, 5.41) is 3.89. The Hall–Kier alpha value is -1.10. The number of nitrogens with zero attached hydrogens (tertiary/aromatic N) is 2. The van der Waals surface area contributed by atoms with Crippen LogP contribution in [0.25, 0.3) is 0 Å². The van der Waals surface area contributed by atoms with Crippen LogP contribution < -0.4 is 5.32 Å². The van der Waals surface area contributed by atoms with Gasteiger partial charge in [-0.1, -0.05) is 30.7 Å². The molecule has 1 aliphatic heterocycles. The maximum Gasteiger partial charge on any atom is 0.230 e. The van der Waals surface area contributed by atoms with Gasteiger partial charge in [0, 0.05) is 44.3 Å². The average Bonchev–Trinajstić information content (AvgIpc) is 3.37. The lowest BCUT2D eigenvalue weighted by Crippen LogP contribution is -2.47. The van der Waals surface area contributed by atoms with E-state index in [2.05, 4.69) is 29.1 Å². The fourth-order valence-electron chi connectivity index (χ4n) is 3.53. The molecule has 3 rings (SSSR count). The summed E-state index contributed by atoms with van der Waals surface area (Å²) in [6.07, 6.45) is 1.85. The molecule has 1 saturated carbocycles. The molecule has 0 spiro atoms. The van der Waals surface area contributed by atoms with Gasteiger partial charge >= 0.3 is 0 Å². The number of hydrogen-bond donors (Lipinski definition) is 1. The van der Waals surface area contributed by atoms with Crippen molar-refractivity contribution in [3.8, 4) is 0 Å². The Morgan fingerprint density at radius 2 is 2.00 bits per heavy atom. The Bertz CT molecular complexity index is 580. The number of rotatable bonds is 6. The van der Waals surface area contributed by atoms with Crippen molar-refractivity contribution in [3.05, 3.63) is 34.9 Å². The van der Waals surface area contributed by atoms with E-state index in [1.165, 1.54) is 0 Å². The van der Waals surface area contributed by atoms with Crippen molar-refractivity contribution in [2.45, 2.75) is 25.2 Å². The summed E-state index contributed by atoms with van der Waals surface area (Å²) in [6.45, 7) is 8.54. The minimum atomic E-state index is -0.335. The highest BCUT2D eigenvalue weighted by Gasteiger charge is 2.51. The average molecular weight is 350 g/mol. The fourth-order valence-corrected chi connectivity index (χ4v) is 3.72. The lowest BCUT2D eigenvalue weighted by Gasteiger charge is -2.34. The van der Waals surface area contributed by atoms with Gasteiger partial charge in [-0.25, -0.2) is 0 Å². The summed E-state index contributed by atoms with van der Waals surface area (Å²) in [4.78, 5) is 17.6. The third-order valence-electron chi connectivity index (χ3n) is 5.34. The number of halogens is 1. The van der Waals surface area contributed by atoms with E-state index in [1.807, 2.05) is 24.3 Å². The number of benzene rings is 1. The van der Waals surface area contributed by atoms with Gasteiger partial charge in [-0.05, 0) is 43.5 Å². The van der Waals surface area contributed by atoms with Gasteiger partial charge in [-0.3, -0.25) is 4.79 Å². The molecule has 1 amide bonds. The highest BCUT2D eigenvalue weighted by molar-refractivity contribution is 6.30. The smallest absolute Gasteiger partial charge is 0.230 e. The van der Waals surface area contributed by atoms with Crippen LogP contribution in [-0.2, 0) is 10.2 Å². The van der Waals surface area contributed by atoms with Crippen molar-refractivity contribution < 1.29 is 4.79 Å². The molecule has 2 fully saturated rings. The molecule has 0 bridgehead atoms. The van der Waals surface area contributed by atoms with Crippen molar-refractivity contribution in [2.24, 2.45) is 5.92 Å². The van der Waals surface area contributed by atoms with E-state index in [1.54, 1.807) is 0 Å². The molecule has 1 aromatic carbocycles. The van der Waals surface area contributed by atoms with Crippen LogP contribution in [-0.4, -0.2) is 62.0 Å². The highest BCUT2D eigenvalue weighted by atomic mass is 35.5. The maximum atomic E-state index is 12.7. The molecular formula is C19H28ClN3O. The first-order chi connectivity index (χ1) is 11.5. The summed E-state index contributed by atoms with van der Waals surface area (Å²) < 4.78 is 0. The van der Waals surface area contributed by atoms with Crippen LogP contribution in [0.4, 0.5) is 0 Å². The molecular weight excluding hydrogens is 322 g/mol. The number of hydrogen-bond acceptors (Lipinski definition) is 3. The summed E-state index contributed by atoms with van der Waals surface area (Å²) in [7, 11) is 2.17. The molecule has 1 N–H and O–H groups in total. The molecule has 1 aromatic rings. The van der Waals surface area contributed by atoms with Gasteiger partial charge in [0.1, 0.15) is 0 Å². The molecule has 0 radical (unpaired) electrons. The SMILES string of the molecule is CC(CNC(=O)C1(c2cccc(Cl)c2)CC1)CN1CCN(C)CC1. The van der Waals surface area contributed by atoms with E-state index < -0.39 is 0 Å². The molecule has 1 atom stereocenters. The summed E-state index contributed by atoms with van der Waals surface area (Å²) >= 11 is 6.09. The third-order valence-corrected chi connectivity index (χ3v) is 5.57. The van der Waals surface area contributed by atoms with Gasteiger partial charge < -0.3 is 15.1 Å². The van der Waals surface area contributed by atoms with Crippen LogP contribution in [0.3, 0.4) is 0 Å². The van der Waals surface area contributed by atoms with E-state index in [-0.39, 0.29) is 11.3 Å². The van der Waals surface area contributed by atoms with Gasteiger partial charge in [0.25, 0.3) is 0 Å². The first kappa shape index (κ1) is 17.7. The molecule has 2 aliphatic rings. The number of carbonyl (C=O) groups excluding carboxylic acids is 1. The van der Waals surface area contributed by atoms with E-state index in [9.17, 15) is 4.79 Å². The Morgan fingerprint density at radius 3 is 2.62 bits per heavy atom. The van der Waals surface area contributed by atoms with Crippen molar-refractivity contribution >= 4 is 17.5 Å². The predicted molar refractivity (Wildman–Crippen MR) is 98.5 cm³/mol. The first-order valence-electron chi connectivity index (χ1n) is 8.95. The van der Waals surface area contributed by atoms with Crippen molar-refractivity contribution in [3.63, 3.8) is 0 Å². The summed E-state index contributed by atoms with van der Waals surface area (Å²) in [6, 6.07) is 7.74. The standard InChI is InChI=1S/C19H28ClN3O/c1-15(14-23-10-8-22(2)9-11-23)13-21-18(24)19(6-7-19)16-4-3-5-17(20)12-16/h3-5,12,15H,6-11,13-14H2,1-2H3,(H,21,24). The molecule has 4 nitrogen and oxygen atoms in total. The number of likely N-dealkylation sites (N-methyl/N-ethyl adjacent to an activating group) is 1. The number of carbonyl (C=O) groups is 1. The third kappa shape index (κ3) is 4.11. The normalized spacial score (nSPS) is 22.1. The zero-order valence-corrected chi connectivity index (χ0v) is 15.5. The highest BCUT2D eigenvalue weighted by Crippen LogP contribution is 2.48. The summed E-state index contributed by atoms with van der Waals surface area (Å²) in [5.74, 6) is 0.627. The minimum absolute atomic E-state index is 0.162. The molecule has 24 heavy (non-hydrogen) atoms. The van der Waals surface area contributed by atoms with Gasteiger partial charge in [-0.2, -0.15) is 0 Å². The molecule has 0 aromatic heterocycles. The van der Waals surface area contributed by atoms with E-state index in [4.69, 9.17) is 11.6 Å². The lowest BCUT2D eigenvalue weighted by molar-refractivity contribution is -0.123. The number of nitrogens with one attached hydrogen (secondary N) is 1. The molecule has 5 heteroatoms. The maximum absolute atomic E-state index is 12.7. The Kier molecular flexibility index (Phi) is 5.48. The second-order valence-corrected chi connectivity index (χ2v) is 7.95. The van der Waals surface area contributed by atoms with Crippen LogP contribution >= 0.6 is 11.6 Å². The van der Waals surface area contributed by atoms with Crippen LogP contribution in [0.15, 0.2) is 24.3 Å². The topological polar surface area (TPSA) is 35.6 Å². The minimum Gasteiger partial charge on any atom is -0.355 e. The monoisotopic (exact) mass is 349 g/mol. The molecule has 1 aliphatic carbocycles. The lowest BCUT2D eigenvalue weighted by atomic mass is 9.95. The molecule has 1 heterocycles. The predicted octanol–water partition coefficient (Wildman–Crippen LogP) is 2.37. The largest absolute Gasteiger partial charge is 0.355 e. The summed E-state index contributed by atoms with van der Waals surface area (Å²) in [5.41, 5.74) is 0.720. The quantitative estimate of drug-likeness (QED) is 0.856. The molecule has 1 unspecified atom stereocenters. The zero-order chi connectivity index (χ0) is 17.2. The van der Waals surface area contributed by atoms with Crippen LogP contribution in [0.2, 0.25) is 5.02 Å². The second kappa shape index (κ2) is 7.42. The van der Waals surface area contributed by atoms with Crippen molar-refractivity contribution in [2.75, 3.05) is 46.3 Å². The fraction of sp³-hybridized carbons (Fsp3) is 0.632. The first-order valence-corrected chi connectivity index (χ1v) is 9.33. The van der Waals surface area contributed by atoms with Gasteiger partial charge in [0.2, 0.25) is 5.91 Å². The van der Waals surface area contributed by atoms with Crippen molar-refractivity contribution in [1.82, 2.24) is 15.1 Å². The van der Waals surface area contributed by atoms with Crippen LogP contribution in [0.1, 0.15) is 25.3 Å². The van der Waals surface area contributed by atoms with Crippen molar-refractivity contribution in [1.29, 1.82) is 0 Å². The van der Waals surface area contributed by atoms with Gasteiger partial charge in [0.15, 0.2) is 0 Å². The van der Waals surface area contributed by atoms with E-state index in [0.29, 0.717) is 10.9 Å². The second-order valence-electron chi connectivity index (χ2n) is 7.51. The zero-order valence-electron chi connectivity index (χ0n) is 14.7. The van der Waals surface area contributed by atoms with E-state index >= 15 is 0 Å². The van der Waals surface area contributed by atoms with E-state index in [0.717, 1.165) is 57.7 Å². The molecule has 1 saturated heterocycles.